The molecule has 0 aromatic carbocycles. The second kappa shape index (κ2) is 22.7. The third kappa shape index (κ3) is 19.9. The van der Waals surface area contributed by atoms with E-state index in [4.69, 9.17) is 18.4 Å². The highest BCUT2D eigenvalue weighted by molar-refractivity contribution is 6.60. The summed E-state index contributed by atoms with van der Waals surface area (Å²) in [7, 11) is -2.43. The average Bonchev–Trinajstić information content (AvgIpc) is 2.73. The molecule has 0 aliphatic heterocycles. The number of hydrogen-bond acceptors (Lipinski definition) is 4. The van der Waals surface area contributed by atoms with Crippen LogP contribution in [0.4, 0.5) is 0 Å². The zero-order valence-corrected chi connectivity index (χ0v) is 21.9. The first kappa shape index (κ1) is 30.6. The highest BCUT2D eigenvalue weighted by Gasteiger charge is 2.39. The Morgan fingerprint density at radius 1 is 0.548 bits per heavy atom. The fourth-order valence-electron chi connectivity index (χ4n) is 4.09. The summed E-state index contributed by atoms with van der Waals surface area (Å²) in [4.78, 5) is 10.4. The molecule has 0 aliphatic carbocycles. The second-order valence-corrected chi connectivity index (χ2v) is 11.3. The van der Waals surface area contributed by atoms with Crippen molar-refractivity contribution in [2.24, 2.45) is 0 Å². The Hall–Kier alpha value is -0.433. The molecule has 0 saturated carbocycles. The van der Waals surface area contributed by atoms with E-state index in [2.05, 4.69) is 0 Å². The van der Waals surface area contributed by atoms with Gasteiger partial charge in [-0.2, -0.15) is 0 Å². The van der Waals surface area contributed by atoms with Crippen LogP contribution >= 0.6 is 0 Å². The summed E-state index contributed by atoms with van der Waals surface area (Å²) in [6, 6.07) is 0.949. The molecule has 31 heavy (non-hydrogen) atoms. The van der Waals surface area contributed by atoms with Gasteiger partial charge in [0.25, 0.3) is 0 Å². The number of hydrogen-bond donors (Lipinski definition) is 1. The lowest BCUT2D eigenvalue weighted by molar-refractivity contribution is -0.137. The van der Waals surface area contributed by atoms with Gasteiger partial charge in [0.15, 0.2) is 0 Å². The van der Waals surface area contributed by atoms with Gasteiger partial charge in [0.1, 0.15) is 0 Å². The minimum absolute atomic E-state index is 0.331. The van der Waals surface area contributed by atoms with Crippen LogP contribution in [0.15, 0.2) is 0 Å². The van der Waals surface area contributed by atoms with Gasteiger partial charge in [0, 0.05) is 32.3 Å². The van der Waals surface area contributed by atoms with Crippen molar-refractivity contribution in [3.05, 3.63) is 0 Å². The smallest absolute Gasteiger partial charge is 0.481 e. The van der Waals surface area contributed by atoms with Gasteiger partial charge in [-0.3, -0.25) is 4.79 Å². The number of carbonyl (C=O) groups is 1. The molecule has 0 amide bonds. The van der Waals surface area contributed by atoms with Crippen molar-refractivity contribution < 1.29 is 23.2 Å². The molecule has 0 rings (SSSR count). The third-order valence-corrected chi connectivity index (χ3v) is 8.87. The van der Waals surface area contributed by atoms with Crippen LogP contribution < -0.4 is 0 Å². The molecular formula is C25H52O5Si. The highest BCUT2D eigenvalue weighted by Crippen LogP contribution is 2.21. The predicted octanol–water partition coefficient (Wildman–Crippen LogP) is 7.75. The minimum Gasteiger partial charge on any atom is -0.481 e. The molecule has 6 heteroatoms. The molecule has 0 heterocycles. The first-order chi connectivity index (χ1) is 15.1. The number of rotatable bonds is 25. The molecule has 5 nitrogen and oxygen atoms in total. The van der Waals surface area contributed by atoms with Crippen molar-refractivity contribution in [3.8, 4) is 0 Å². The van der Waals surface area contributed by atoms with E-state index in [1.54, 1.807) is 0 Å². The number of unbranched alkanes of at least 4 members (excludes halogenated alkanes) is 15. The van der Waals surface area contributed by atoms with Crippen molar-refractivity contribution in [1.82, 2.24) is 0 Å². The van der Waals surface area contributed by atoms with Gasteiger partial charge < -0.3 is 18.4 Å². The molecule has 0 atom stereocenters. The Morgan fingerprint density at radius 2 is 0.839 bits per heavy atom. The molecule has 1 N–H and O–H groups in total. The summed E-state index contributed by atoms with van der Waals surface area (Å²) in [5, 5.41) is 8.60. The highest BCUT2D eigenvalue weighted by atomic mass is 28.4. The molecule has 0 radical (unpaired) electrons. The van der Waals surface area contributed by atoms with Crippen LogP contribution in [0.5, 0.6) is 0 Å². The van der Waals surface area contributed by atoms with Crippen LogP contribution in [0.25, 0.3) is 0 Å². The van der Waals surface area contributed by atoms with Gasteiger partial charge in [-0.1, -0.05) is 89.9 Å². The van der Waals surface area contributed by atoms with E-state index in [1.807, 2.05) is 20.8 Å². The Bertz CT molecular complexity index is 375. The molecule has 0 spiro atoms. The predicted molar refractivity (Wildman–Crippen MR) is 132 cm³/mol. The van der Waals surface area contributed by atoms with Gasteiger partial charge in [-0.05, 0) is 33.6 Å². The van der Waals surface area contributed by atoms with Crippen molar-refractivity contribution in [2.75, 3.05) is 19.8 Å². The van der Waals surface area contributed by atoms with Gasteiger partial charge in [-0.15, -0.1) is 0 Å². The Balaban J connectivity index is 3.41. The molecular weight excluding hydrogens is 408 g/mol. The topological polar surface area (TPSA) is 65.0 Å². The summed E-state index contributed by atoms with van der Waals surface area (Å²) >= 11 is 0. The van der Waals surface area contributed by atoms with E-state index in [0.717, 1.165) is 25.3 Å². The van der Waals surface area contributed by atoms with Crippen molar-refractivity contribution in [1.29, 1.82) is 0 Å². The quantitative estimate of drug-likeness (QED) is 0.111. The van der Waals surface area contributed by atoms with E-state index in [1.165, 1.54) is 83.5 Å². The maximum absolute atomic E-state index is 10.4. The van der Waals surface area contributed by atoms with Gasteiger partial charge in [-0.25, -0.2) is 0 Å². The Labute approximate surface area is 194 Å². The van der Waals surface area contributed by atoms with E-state index in [9.17, 15) is 4.79 Å². The van der Waals surface area contributed by atoms with Crippen LogP contribution in [-0.2, 0) is 18.1 Å². The van der Waals surface area contributed by atoms with E-state index in [0.29, 0.717) is 26.2 Å². The van der Waals surface area contributed by atoms with Crippen LogP contribution in [0, 0.1) is 0 Å². The molecule has 0 bridgehead atoms. The largest absolute Gasteiger partial charge is 0.500 e. The molecule has 0 aliphatic rings. The van der Waals surface area contributed by atoms with E-state index < -0.39 is 14.8 Å². The summed E-state index contributed by atoms with van der Waals surface area (Å²) in [5.41, 5.74) is 0. The van der Waals surface area contributed by atoms with Gasteiger partial charge >= 0.3 is 14.8 Å². The molecule has 0 saturated heterocycles. The minimum atomic E-state index is -2.43. The molecule has 0 aromatic rings. The number of carboxylic acids is 1. The lowest BCUT2D eigenvalue weighted by Gasteiger charge is -2.28. The fraction of sp³-hybridized carbons (Fsp3) is 0.960. The molecule has 0 unspecified atom stereocenters. The van der Waals surface area contributed by atoms with Gasteiger partial charge in [0.05, 0.1) is 0 Å². The lowest BCUT2D eigenvalue weighted by Crippen LogP contribution is -2.45. The lowest BCUT2D eigenvalue weighted by atomic mass is 10.0. The van der Waals surface area contributed by atoms with Gasteiger partial charge in [0.2, 0.25) is 0 Å². The molecule has 0 fully saturated rings. The summed E-state index contributed by atoms with van der Waals surface area (Å²) < 4.78 is 17.8. The standard InChI is InChI=1S/C25H52O5Si/c1-4-28-31(29-5-2,30-6-3)24-22-20-18-16-14-12-10-8-7-9-11-13-15-17-19-21-23-25(26)27/h4-24H2,1-3H3,(H,26,27). The zero-order valence-electron chi connectivity index (χ0n) is 20.9. The van der Waals surface area contributed by atoms with E-state index in [-0.39, 0.29) is 0 Å². The normalized spacial score (nSPS) is 11.8. The Kier molecular flexibility index (Phi) is 22.4. The summed E-state index contributed by atoms with van der Waals surface area (Å²) in [6.45, 7) is 8.07. The van der Waals surface area contributed by atoms with Crippen LogP contribution in [0.1, 0.15) is 130 Å². The van der Waals surface area contributed by atoms with Crippen molar-refractivity contribution in [2.45, 2.75) is 136 Å². The molecule has 0 aromatic heterocycles. The van der Waals surface area contributed by atoms with Crippen molar-refractivity contribution >= 4 is 14.8 Å². The number of carboxylic acid groups (broad SMARTS) is 1. The fourth-order valence-corrected chi connectivity index (χ4v) is 6.78. The Morgan fingerprint density at radius 3 is 1.13 bits per heavy atom. The zero-order chi connectivity index (χ0) is 23.0. The van der Waals surface area contributed by atoms with E-state index >= 15 is 0 Å². The third-order valence-electron chi connectivity index (χ3n) is 5.72. The maximum atomic E-state index is 10.4. The second-order valence-electron chi connectivity index (χ2n) is 8.53. The SMILES string of the molecule is CCO[Si](CCCCCCCCCCCCCCCCCCC(=O)O)(OCC)OCC. The number of aliphatic carboxylic acids is 1. The first-order valence-corrected chi connectivity index (χ1v) is 15.2. The summed E-state index contributed by atoms with van der Waals surface area (Å²) in [5.74, 6) is -0.662. The monoisotopic (exact) mass is 460 g/mol. The van der Waals surface area contributed by atoms with Crippen molar-refractivity contribution in [3.63, 3.8) is 0 Å². The molecule has 186 valence electrons. The van der Waals surface area contributed by atoms with Crippen LogP contribution in [0.2, 0.25) is 6.04 Å². The average molecular weight is 461 g/mol. The van der Waals surface area contributed by atoms with Crippen LogP contribution in [-0.4, -0.2) is 39.7 Å². The maximum Gasteiger partial charge on any atom is 0.500 e. The van der Waals surface area contributed by atoms with Crippen LogP contribution in [0.3, 0.4) is 0 Å². The first-order valence-electron chi connectivity index (χ1n) is 13.2. The summed E-state index contributed by atoms with van der Waals surface area (Å²) in [6.07, 6.45) is 20.6.